The van der Waals surface area contributed by atoms with E-state index >= 15 is 0 Å². The van der Waals surface area contributed by atoms with Crippen LogP contribution in [0.15, 0.2) is 24.3 Å². The molecule has 4 unspecified atom stereocenters. The van der Waals surface area contributed by atoms with Gasteiger partial charge in [0.2, 0.25) is 10.0 Å². The van der Waals surface area contributed by atoms with Gasteiger partial charge in [-0.25, -0.2) is 8.42 Å². The van der Waals surface area contributed by atoms with Gasteiger partial charge in [-0.15, -0.1) is 0 Å². The van der Waals surface area contributed by atoms with Gasteiger partial charge in [-0.1, -0.05) is 24.3 Å². The van der Waals surface area contributed by atoms with Crippen molar-refractivity contribution >= 4 is 10.0 Å². The van der Waals surface area contributed by atoms with Crippen LogP contribution < -0.4 is 0 Å². The highest BCUT2D eigenvalue weighted by Gasteiger charge is 2.45. The van der Waals surface area contributed by atoms with E-state index in [0.29, 0.717) is 18.5 Å². The normalized spacial score (nSPS) is 31.7. The largest absolute Gasteiger partial charge is 0.392 e. The lowest BCUT2D eigenvalue weighted by molar-refractivity contribution is 0.0216. The maximum Gasteiger partial charge on any atom is 0.216 e. The summed E-state index contributed by atoms with van der Waals surface area (Å²) in [6.07, 6.45) is 3.18. The van der Waals surface area contributed by atoms with Crippen LogP contribution in [0, 0.1) is 5.92 Å². The van der Waals surface area contributed by atoms with Crippen molar-refractivity contribution in [2.45, 2.75) is 50.8 Å². The molecular formula is C19H28N2O3S. The second kappa shape index (κ2) is 6.65. The Bertz CT molecular complexity index is 734. The number of hydrogen-bond acceptors (Lipinski definition) is 4. The van der Waals surface area contributed by atoms with Crippen molar-refractivity contribution in [1.29, 1.82) is 0 Å². The van der Waals surface area contributed by atoms with Gasteiger partial charge < -0.3 is 5.11 Å². The molecule has 2 fully saturated rings. The highest BCUT2D eigenvalue weighted by atomic mass is 32.2. The minimum Gasteiger partial charge on any atom is -0.392 e. The summed E-state index contributed by atoms with van der Waals surface area (Å²) in [6.45, 7) is 4.22. The van der Waals surface area contributed by atoms with Gasteiger partial charge in [0.25, 0.3) is 0 Å². The molecule has 0 saturated carbocycles. The lowest BCUT2D eigenvalue weighted by Crippen LogP contribution is -2.58. The lowest BCUT2D eigenvalue weighted by Gasteiger charge is -2.51. The molecule has 0 aliphatic carbocycles. The Morgan fingerprint density at radius 3 is 2.88 bits per heavy atom. The van der Waals surface area contributed by atoms with Crippen molar-refractivity contribution in [3.63, 3.8) is 0 Å². The molecule has 4 rings (SSSR count). The Kier molecular flexibility index (Phi) is 4.65. The van der Waals surface area contributed by atoms with Gasteiger partial charge in [0.05, 0.1) is 11.9 Å². The van der Waals surface area contributed by atoms with E-state index in [0.717, 1.165) is 38.8 Å². The summed E-state index contributed by atoms with van der Waals surface area (Å²) in [5.41, 5.74) is 2.79. The molecular weight excluding hydrogens is 336 g/mol. The number of benzene rings is 1. The minimum atomic E-state index is -3.40. The standard InChI is InChI=1S/C19H28N2O3S/c1-14(22)13-25(23,24)21-9-4-6-16-12-20-10-8-15-5-2-3-7-17(15)19(20)11-18(16)21/h2-3,5,7,14,16,18-19,22H,4,6,8-13H2,1H3. The summed E-state index contributed by atoms with van der Waals surface area (Å²) in [5.74, 6) is 0.250. The molecule has 1 aromatic carbocycles. The van der Waals surface area contributed by atoms with Crippen molar-refractivity contribution < 1.29 is 13.5 Å². The van der Waals surface area contributed by atoms with E-state index in [1.807, 2.05) is 0 Å². The van der Waals surface area contributed by atoms with Crippen LogP contribution >= 0.6 is 0 Å². The number of nitrogens with zero attached hydrogens (tertiary/aromatic N) is 2. The number of piperidine rings is 2. The zero-order valence-electron chi connectivity index (χ0n) is 14.8. The predicted octanol–water partition coefficient (Wildman–Crippen LogP) is 1.78. The monoisotopic (exact) mass is 364 g/mol. The van der Waals surface area contributed by atoms with E-state index < -0.39 is 16.1 Å². The van der Waals surface area contributed by atoms with Crippen molar-refractivity contribution in [2.75, 3.05) is 25.4 Å². The molecule has 2 saturated heterocycles. The average Bonchev–Trinajstić information content (AvgIpc) is 2.58. The molecule has 4 atom stereocenters. The first-order valence-corrected chi connectivity index (χ1v) is 11.1. The molecule has 0 radical (unpaired) electrons. The molecule has 25 heavy (non-hydrogen) atoms. The van der Waals surface area contributed by atoms with Crippen LogP contribution in [0.1, 0.15) is 43.4 Å². The van der Waals surface area contributed by atoms with Crippen molar-refractivity contribution in [1.82, 2.24) is 9.21 Å². The first kappa shape index (κ1) is 17.5. The fraction of sp³-hybridized carbons (Fsp3) is 0.684. The van der Waals surface area contributed by atoms with Crippen LogP contribution in [0.5, 0.6) is 0 Å². The molecule has 0 amide bonds. The number of sulfonamides is 1. The molecule has 1 aromatic rings. The molecule has 3 aliphatic heterocycles. The zero-order chi connectivity index (χ0) is 17.6. The van der Waals surface area contributed by atoms with E-state index in [1.54, 1.807) is 11.2 Å². The van der Waals surface area contributed by atoms with E-state index in [2.05, 4.69) is 29.2 Å². The van der Waals surface area contributed by atoms with Crippen LogP contribution in [0.25, 0.3) is 0 Å². The summed E-state index contributed by atoms with van der Waals surface area (Å²) < 4.78 is 27.3. The summed E-state index contributed by atoms with van der Waals surface area (Å²) in [4.78, 5) is 2.56. The van der Waals surface area contributed by atoms with Crippen molar-refractivity contribution in [2.24, 2.45) is 5.92 Å². The molecule has 138 valence electrons. The SMILES string of the molecule is CC(O)CS(=O)(=O)N1CCCC2CN3CCc4ccccc4C3CC21. The third-order valence-corrected chi connectivity index (χ3v) is 8.21. The van der Waals surface area contributed by atoms with Crippen LogP contribution in [-0.4, -0.2) is 60.3 Å². The van der Waals surface area contributed by atoms with Crippen LogP contribution in [0.4, 0.5) is 0 Å². The first-order valence-electron chi connectivity index (χ1n) is 9.45. The number of hydrogen-bond donors (Lipinski definition) is 1. The van der Waals surface area contributed by atoms with Gasteiger partial charge in [0.1, 0.15) is 0 Å². The third kappa shape index (κ3) is 3.25. The highest BCUT2D eigenvalue weighted by Crippen LogP contribution is 2.43. The second-order valence-corrected chi connectivity index (χ2v) is 9.87. The van der Waals surface area contributed by atoms with E-state index in [1.165, 1.54) is 11.1 Å². The zero-order valence-corrected chi connectivity index (χ0v) is 15.7. The summed E-state index contributed by atoms with van der Waals surface area (Å²) in [7, 11) is -3.40. The number of aliphatic hydroxyl groups excluding tert-OH is 1. The fourth-order valence-electron chi connectivity index (χ4n) is 5.10. The molecule has 0 spiro atoms. The Labute approximate surface area is 150 Å². The average molecular weight is 365 g/mol. The second-order valence-electron chi connectivity index (χ2n) is 7.90. The maximum absolute atomic E-state index is 12.8. The Hall–Kier alpha value is -0.950. The van der Waals surface area contributed by atoms with Gasteiger partial charge in [-0.05, 0) is 49.7 Å². The first-order chi connectivity index (χ1) is 12.0. The lowest BCUT2D eigenvalue weighted by atomic mass is 9.77. The molecule has 6 heteroatoms. The number of rotatable bonds is 3. The Morgan fingerprint density at radius 1 is 1.28 bits per heavy atom. The molecule has 0 aromatic heterocycles. The van der Waals surface area contributed by atoms with Crippen molar-refractivity contribution in [3.8, 4) is 0 Å². The Morgan fingerprint density at radius 2 is 2.08 bits per heavy atom. The summed E-state index contributed by atoms with van der Waals surface area (Å²) in [6, 6.07) is 9.02. The number of fused-ring (bicyclic) bond motifs is 4. The van der Waals surface area contributed by atoms with Gasteiger partial charge in [0, 0.05) is 31.7 Å². The fourth-order valence-corrected chi connectivity index (χ4v) is 6.98. The van der Waals surface area contributed by atoms with Crippen LogP contribution in [0.3, 0.4) is 0 Å². The van der Waals surface area contributed by atoms with Crippen LogP contribution in [0.2, 0.25) is 0 Å². The van der Waals surface area contributed by atoms with Crippen molar-refractivity contribution in [3.05, 3.63) is 35.4 Å². The molecule has 3 heterocycles. The Balaban J connectivity index is 1.63. The number of aliphatic hydroxyl groups is 1. The quantitative estimate of drug-likeness (QED) is 0.888. The maximum atomic E-state index is 12.8. The highest BCUT2D eigenvalue weighted by molar-refractivity contribution is 7.89. The molecule has 1 N–H and O–H groups in total. The third-order valence-electron chi connectivity index (χ3n) is 6.13. The topological polar surface area (TPSA) is 60.9 Å². The molecule has 3 aliphatic rings. The smallest absolute Gasteiger partial charge is 0.216 e. The van der Waals surface area contributed by atoms with E-state index in [-0.39, 0.29) is 11.8 Å². The minimum absolute atomic E-state index is 0.0740. The van der Waals surface area contributed by atoms with E-state index in [4.69, 9.17) is 0 Å². The van der Waals surface area contributed by atoms with E-state index in [9.17, 15) is 13.5 Å². The predicted molar refractivity (Wildman–Crippen MR) is 97.8 cm³/mol. The van der Waals surface area contributed by atoms with Gasteiger partial charge >= 0.3 is 0 Å². The summed E-state index contributed by atoms with van der Waals surface area (Å²) in [5, 5.41) is 9.62. The molecule has 0 bridgehead atoms. The van der Waals surface area contributed by atoms with Crippen LogP contribution in [-0.2, 0) is 16.4 Å². The van der Waals surface area contributed by atoms with Gasteiger partial charge in [0.15, 0.2) is 0 Å². The summed E-state index contributed by atoms with van der Waals surface area (Å²) >= 11 is 0. The van der Waals surface area contributed by atoms with Gasteiger partial charge in [-0.2, -0.15) is 4.31 Å². The molecule has 5 nitrogen and oxygen atoms in total. The van der Waals surface area contributed by atoms with Gasteiger partial charge in [-0.3, -0.25) is 4.90 Å².